The number of amides is 2. The van der Waals surface area contributed by atoms with Crippen molar-refractivity contribution in [2.75, 3.05) is 5.32 Å². The van der Waals surface area contributed by atoms with E-state index in [1.54, 1.807) is 18.5 Å². The van der Waals surface area contributed by atoms with Gasteiger partial charge in [-0.1, -0.05) is 50.2 Å². The van der Waals surface area contributed by atoms with E-state index in [1.807, 2.05) is 64.1 Å². The lowest BCUT2D eigenvalue weighted by atomic mass is 9.69. The van der Waals surface area contributed by atoms with E-state index >= 15 is 0 Å². The largest absolute Gasteiger partial charge is 0.391 e. The van der Waals surface area contributed by atoms with E-state index in [1.165, 1.54) is 12.1 Å². The highest BCUT2D eigenvalue weighted by atomic mass is 19.1. The minimum absolute atomic E-state index is 0.353. The van der Waals surface area contributed by atoms with Gasteiger partial charge in [-0.15, -0.1) is 0 Å². The van der Waals surface area contributed by atoms with Gasteiger partial charge in [0.15, 0.2) is 0 Å². The smallest absolute Gasteiger partial charge is 0.319 e. The van der Waals surface area contributed by atoms with Gasteiger partial charge in [0.2, 0.25) is 0 Å². The number of aromatic nitrogens is 3. The van der Waals surface area contributed by atoms with E-state index < -0.39 is 24.0 Å². The summed E-state index contributed by atoms with van der Waals surface area (Å²) in [6.45, 7) is 7.74. The van der Waals surface area contributed by atoms with Crippen LogP contribution in [0.2, 0.25) is 0 Å². The van der Waals surface area contributed by atoms with Crippen LogP contribution in [0, 0.1) is 19.7 Å². The number of hydrogen-bond acceptors (Lipinski definition) is 5. The van der Waals surface area contributed by atoms with Gasteiger partial charge in [-0.3, -0.25) is 0 Å². The van der Waals surface area contributed by atoms with E-state index in [0.29, 0.717) is 34.9 Å². The van der Waals surface area contributed by atoms with Crippen LogP contribution in [-0.4, -0.2) is 32.2 Å². The van der Waals surface area contributed by atoms with Crippen LogP contribution in [0.5, 0.6) is 0 Å². The first-order valence-corrected chi connectivity index (χ1v) is 12.5. The van der Waals surface area contributed by atoms with Crippen LogP contribution in [0.15, 0.2) is 67.0 Å². The molecule has 2 atom stereocenters. The summed E-state index contributed by atoms with van der Waals surface area (Å²) < 4.78 is 14.2. The number of carbonyl (C=O) groups excluding carboxylic acids is 1. The summed E-state index contributed by atoms with van der Waals surface area (Å²) in [5.74, 6) is 0.252. The maximum absolute atomic E-state index is 14.2. The quantitative estimate of drug-likeness (QED) is 0.318. The number of aliphatic hydroxyl groups excluding tert-OH is 1. The van der Waals surface area contributed by atoms with Crippen LogP contribution >= 0.6 is 0 Å². The highest BCUT2D eigenvalue weighted by Gasteiger charge is 2.39. The monoisotopic (exact) mass is 511 g/mol. The van der Waals surface area contributed by atoms with Crippen LogP contribution in [0.25, 0.3) is 22.5 Å². The van der Waals surface area contributed by atoms with Crippen molar-refractivity contribution in [2.24, 2.45) is 0 Å². The van der Waals surface area contributed by atoms with Crippen molar-refractivity contribution < 1.29 is 14.3 Å². The Kier molecular flexibility index (Phi) is 6.67. The minimum atomic E-state index is -0.873. The zero-order valence-corrected chi connectivity index (χ0v) is 21.8. The highest BCUT2D eigenvalue weighted by Crippen LogP contribution is 2.42. The molecule has 1 aliphatic rings. The third-order valence-electron chi connectivity index (χ3n) is 7.03. The molecule has 2 heterocycles. The molecule has 4 aromatic rings. The number of rotatable bonds is 4. The number of pyridine rings is 1. The number of anilines is 1. The lowest BCUT2D eigenvalue weighted by Gasteiger charge is -2.40. The van der Waals surface area contributed by atoms with Crippen LogP contribution in [0.3, 0.4) is 0 Å². The first-order chi connectivity index (χ1) is 18.1. The number of nitrogens with zero attached hydrogens (tertiary/aromatic N) is 3. The Balaban J connectivity index is 1.49. The maximum Gasteiger partial charge on any atom is 0.319 e. The summed E-state index contributed by atoms with van der Waals surface area (Å²) in [6.07, 6.45) is 3.02. The molecule has 2 amide bonds. The van der Waals surface area contributed by atoms with Crippen molar-refractivity contribution in [3.05, 3.63) is 95.3 Å². The molecule has 7 nitrogen and oxygen atoms in total. The number of urea groups is 1. The van der Waals surface area contributed by atoms with Gasteiger partial charge < -0.3 is 15.7 Å². The second-order valence-corrected chi connectivity index (χ2v) is 10.4. The Morgan fingerprint density at radius 3 is 2.42 bits per heavy atom. The van der Waals surface area contributed by atoms with Crippen molar-refractivity contribution in [2.45, 2.75) is 51.7 Å². The fourth-order valence-corrected chi connectivity index (χ4v) is 5.17. The molecule has 0 saturated heterocycles. The van der Waals surface area contributed by atoms with Crippen LogP contribution in [0.4, 0.5) is 14.9 Å². The molecule has 8 heteroatoms. The summed E-state index contributed by atoms with van der Waals surface area (Å²) in [6, 6.07) is 14.7. The van der Waals surface area contributed by atoms with Crippen molar-refractivity contribution in [1.82, 2.24) is 20.3 Å². The highest BCUT2D eigenvalue weighted by molar-refractivity contribution is 5.94. The van der Waals surface area contributed by atoms with Crippen LogP contribution < -0.4 is 10.6 Å². The number of fused-ring (bicyclic) bond motifs is 1. The number of aliphatic hydroxyl groups is 1. The number of benzene rings is 2. The predicted molar refractivity (Wildman–Crippen MR) is 145 cm³/mol. The zero-order valence-electron chi connectivity index (χ0n) is 21.8. The van der Waals surface area contributed by atoms with Gasteiger partial charge in [0.25, 0.3) is 0 Å². The average Bonchev–Trinajstić information content (AvgIpc) is 2.87. The number of hydrogen-bond donors (Lipinski definition) is 3. The van der Waals surface area contributed by atoms with Gasteiger partial charge in [0, 0.05) is 23.5 Å². The zero-order chi connectivity index (χ0) is 27.0. The van der Waals surface area contributed by atoms with Crippen molar-refractivity contribution in [1.29, 1.82) is 0 Å². The van der Waals surface area contributed by atoms with E-state index in [-0.39, 0.29) is 5.41 Å². The van der Waals surface area contributed by atoms with E-state index in [4.69, 9.17) is 4.98 Å². The fraction of sp³-hybridized carbons (Fsp3) is 0.267. The predicted octanol–water partition coefficient (Wildman–Crippen LogP) is 5.87. The molecule has 2 aromatic carbocycles. The minimum Gasteiger partial charge on any atom is -0.391 e. The van der Waals surface area contributed by atoms with Crippen LogP contribution in [-0.2, 0) is 5.41 Å². The Hall–Kier alpha value is -4.17. The Bertz CT molecular complexity index is 1490. The fourth-order valence-electron chi connectivity index (χ4n) is 5.17. The van der Waals surface area contributed by atoms with Crippen molar-refractivity contribution >= 4 is 11.7 Å². The number of carbonyl (C=O) groups is 1. The van der Waals surface area contributed by atoms with E-state index in [9.17, 15) is 14.3 Å². The van der Waals surface area contributed by atoms with E-state index in [0.717, 1.165) is 22.3 Å². The number of halogens is 1. The van der Waals surface area contributed by atoms with Gasteiger partial charge in [-0.05, 0) is 60.6 Å². The first kappa shape index (κ1) is 25.5. The van der Waals surface area contributed by atoms with Gasteiger partial charge in [0.05, 0.1) is 29.2 Å². The Morgan fingerprint density at radius 2 is 1.71 bits per heavy atom. The molecule has 0 aliphatic heterocycles. The summed E-state index contributed by atoms with van der Waals surface area (Å²) in [5, 5.41) is 16.7. The molecule has 0 fully saturated rings. The second-order valence-electron chi connectivity index (χ2n) is 10.4. The molecule has 0 unspecified atom stereocenters. The molecule has 0 radical (unpaired) electrons. The molecule has 2 aromatic heterocycles. The molecule has 0 bridgehead atoms. The molecular weight excluding hydrogens is 481 g/mol. The summed E-state index contributed by atoms with van der Waals surface area (Å²) in [7, 11) is 0. The molecule has 1 aliphatic carbocycles. The van der Waals surface area contributed by atoms with Crippen molar-refractivity contribution in [3.63, 3.8) is 0 Å². The van der Waals surface area contributed by atoms with Crippen molar-refractivity contribution in [3.8, 4) is 22.5 Å². The van der Waals surface area contributed by atoms with Gasteiger partial charge >= 0.3 is 6.03 Å². The molecule has 3 N–H and O–H groups in total. The molecular formula is C30H30FN5O2. The topological polar surface area (TPSA) is 100 Å². The molecule has 0 spiro atoms. The summed E-state index contributed by atoms with van der Waals surface area (Å²) >= 11 is 0. The third-order valence-corrected chi connectivity index (χ3v) is 7.03. The van der Waals surface area contributed by atoms with E-state index in [2.05, 4.69) is 20.6 Å². The molecule has 194 valence electrons. The summed E-state index contributed by atoms with van der Waals surface area (Å²) in [5.41, 5.74) is 5.36. The van der Waals surface area contributed by atoms with Gasteiger partial charge in [-0.2, -0.15) is 0 Å². The Morgan fingerprint density at radius 1 is 1.00 bits per heavy atom. The molecule has 5 rings (SSSR count). The van der Waals surface area contributed by atoms with Crippen LogP contribution in [0.1, 0.15) is 48.8 Å². The van der Waals surface area contributed by atoms with Gasteiger partial charge in [0.1, 0.15) is 11.6 Å². The summed E-state index contributed by atoms with van der Waals surface area (Å²) in [4.78, 5) is 26.8. The second kappa shape index (κ2) is 9.95. The number of nitrogens with one attached hydrogen (secondary N) is 2. The lowest BCUT2D eigenvalue weighted by molar-refractivity contribution is 0.0881. The average molecular weight is 512 g/mol. The maximum atomic E-state index is 14.2. The van der Waals surface area contributed by atoms with Gasteiger partial charge in [-0.25, -0.2) is 24.1 Å². The molecule has 38 heavy (non-hydrogen) atoms. The normalized spacial score (nSPS) is 17.9. The Labute approximate surface area is 221 Å². The lowest BCUT2D eigenvalue weighted by Crippen LogP contribution is -2.45. The first-order valence-electron chi connectivity index (χ1n) is 12.5. The standard InChI is InChI=1S/C30H30FN5O2/c1-17-12-24(27(19-8-6-5-7-9-19)35-26(17)20-15-32-18(2)33-16-20)34-29(38)36-28-22-13-21(31)10-11-23(22)30(3,4)14-25(28)37/h5-13,15-16,25,28,37H,14H2,1-4H3,(H2,34,36,38)/t25-,28+/m1/s1. The number of aryl methyl sites for hydroxylation is 2. The molecule has 0 saturated carbocycles. The third kappa shape index (κ3) is 4.99. The SMILES string of the molecule is Cc1ncc(-c2nc(-c3ccccc3)c(NC(=O)N[C@H]3c4cc(F)ccc4C(C)(C)C[C@H]3O)cc2C)cn1.